The number of aliphatic hydroxyl groups is 1. The molecule has 0 aromatic heterocycles. The van der Waals surface area contributed by atoms with E-state index in [9.17, 15) is 5.11 Å². The predicted molar refractivity (Wildman–Crippen MR) is 58.6 cm³/mol. The van der Waals surface area contributed by atoms with Gasteiger partial charge in [-0.05, 0) is 36.3 Å². The van der Waals surface area contributed by atoms with Crippen LogP contribution < -0.4 is 0 Å². The van der Waals surface area contributed by atoms with E-state index in [0.717, 1.165) is 17.9 Å². The lowest BCUT2D eigenvalue weighted by Gasteiger charge is -2.18. The molecule has 2 heteroatoms. The van der Waals surface area contributed by atoms with Crippen LogP contribution in [0.2, 0.25) is 5.02 Å². The van der Waals surface area contributed by atoms with Crippen LogP contribution in [0, 0.1) is 5.92 Å². The molecule has 1 aliphatic carbocycles. The van der Waals surface area contributed by atoms with Crippen LogP contribution in [0.1, 0.15) is 31.2 Å². The number of aliphatic hydroxyl groups excluding tert-OH is 1. The lowest BCUT2D eigenvalue weighted by atomic mass is 9.89. The first kappa shape index (κ1) is 10.0. The van der Waals surface area contributed by atoms with E-state index in [1.54, 1.807) is 0 Å². The average Bonchev–Trinajstić information content (AvgIpc) is 2.49. The first-order chi connectivity index (χ1) is 6.70. The monoisotopic (exact) mass is 210 g/mol. The predicted octanol–water partition coefficient (Wildman–Crippen LogP) is 3.21. The molecule has 0 amide bonds. The Morgan fingerprint density at radius 3 is 2.57 bits per heavy atom. The number of hydrogen-bond acceptors (Lipinski definition) is 1. The first-order valence-corrected chi connectivity index (χ1v) is 5.50. The van der Waals surface area contributed by atoms with Crippen molar-refractivity contribution in [2.45, 2.75) is 31.8 Å². The van der Waals surface area contributed by atoms with Crippen molar-refractivity contribution in [1.82, 2.24) is 0 Å². The molecule has 0 saturated heterocycles. The fraction of sp³-hybridized carbons (Fsp3) is 0.500. The Labute approximate surface area is 89.7 Å². The smallest absolute Gasteiger partial charge is 0.0571 e. The standard InChI is InChI=1S/C12H15ClO/c1-8-9(6-7-12(8)14)10-4-2-3-5-11(10)13/h2-5,8-9,12,14H,6-7H2,1H3. The van der Waals surface area contributed by atoms with Crippen LogP contribution in [0.4, 0.5) is 0 Å². The first-order valence-electron chi connectivity index (χ1n) is 5.12. The van der Waals surface area contributed by atoms with Gasteiger partial charge in [-0.3, -0.25) is 0 Å². The molecule has 1 saturated carbocycles. The van der Waals surface area contributed by atoms with E-state index in [2.05, 4.69) is 13.0 Å². The molecule has 1 aliphatic rings. The number of benzene rings is 1. The van der Waals surface area contributed by atoms with E-state index in [0.29, 0.717) is 11.8 Å². The van der Waals surface area contributed by atoms with Gasteiger partial charge < -0.3 is 5.11 Å². The molecule has 2 rings (SSSR count). The van der Waals surface area contributed by atoms with Crippen LogP contribution in [0.5, 0.6) is 0 Å². The number of rotatable bonds is 1. The highest BCUT2D eigenvalue weighted by atomic mass is 35.5. The van der Waals surface area contributed by atoms with Gasteiger partial charge in [-0.2, -0.15) is 0 Å². The van der Waals surface area contributed by atoms with Gasteiger partial charge in [0.25, 0.3) is 0 Å². The topological polar surface area (TPSA) is 20.2 Å². The largest absolute Gasteiger partial charge is 0.393 e. The third kappa shape index (κ3) is 1.67. The number of halogens is 1. The molecule has 1 nitrogen and oxygen atoms in total. The minimum absolute atomic E-state index is 0.156. The van der Waals surface area contributed by atoms with Gasteiger partial charge in [0.2, 0.25) is 0 Å². The van der Waals surface area contributed by atoms with Gasteiger partial charge in [0.15, 0.2) is 0 Å². The Kier molecular flexibility index (Phi) is 2.80. The fourth-order valence-electron chi connectivity index (χ4n) is 2.36. The third-order valence-corrected chi connectivity index (χ3v) is 3.66. The summed E-state index contributed by atoms with van der Waals surface area (Å²) in [6, 6.07) is 7.95. The minimum Gasteiger partial charge on any atom is -0.393 e. The minimum atomic E-state index is -0.156. The van der Waals surface area contributed by atoms with Crippen molar-refractivity contribution in [3.05, 3.63) is 34.9 Å². The summed E-state index contributed by atoms with van der Waals surface area (Å²) >= 11 is 6.14. The molecule has 1 fully saturated rings. The molecule has 3 unspecified atom stereocenters. The molecule has 0 heterocycles. The summed E-state index contributed by atoms with van der Waals surface area (Å²) in [4.78, 5) is 0. The van der Waals surface area contributed by atoms with Gasteiger partial charge in [0.1, 0.15) is 0 Å². The summed E-state index contributed by atoms with van der Waals surface area (Å²) in [5.41, 5.74) is 1.19. The van der Waals surface area contributed by atoms with E-state index < -0.39 is 0 Å². The molecule has 1 aromatic carbocycles. The van der Waals surface area contributed by atoms with E-state index in [1.807, 2.05) is 18.2 Å². The highest BCUT2D eigenvalue weighted by molar-refractivity contribution is 6.31. The average molecular weight is 211 g/mol. The zero-order valence-corrected chi connectivity index (χ0v) is 9.04. The van der Waals surface area contributed by atoms with Gasteiger partial charge in [-0.15, -0.1) is 0 Å². The summed E-state index contributed by atoms with van der Waals surface area (Å²) in [6.45, 7) is 2.10. The maximum absolute atomic E-state index is 9.68. The molecular weight excluding hydrogens is 196 g/mol. The molecule has 3 atom stereocenters. The quantitative estimate of drug-likeness (QED) is 0.755. The Morgan fingerprint density at radius 1 is 1.29 bits per heavy atom. The van der Waals surface area contributed by atoms with Gasteiger partial charge in [-0.25, -0.2) is 0 Å². The van der Waals surface area contributed by atoms with Crippen LogP contribution in [0.3, 0.4) is 0 Å². The Bertz CT molecular complexity index is 324. The van der Waals surface area contributed by atoms with Crippen molar-refractivity contribution in [2.24, 2.45) is 5.92 Å². The van der Waals surface area contributed by atoms with Crippen LogP contribution in [0.25, 0.3) is 0 Å². The van der Waals surface area contributed by atoms with E-state index in [4.69, 9.17) is 11.6 Å². The van der Waals surface area contributed by atoms with Gasteiger partial charge in [0.05, 0.1) is 6.10 Å². The van der Waals surface area contributed by atoms with Crippen LogP contribution in [-0.4, -0.2) is 11.2 Å². The van der Waals surface area contributed by atoms with Gasteiger partial charge >= 0.3 is 0 Å². The van der Waals surface area contributed by atoms with Crippen LogP contribution in [-0.2, 0) is 0 Å². The molecule has 1 aromatic rings. The van der Waals surface area contributed by atoms with Crippen LogP contribution in [0.15, 0.2) is 24.3 Å². The van der Waals surface area contributed by atoms with Crippen molar-refractivity contribution in [2.75, 3.05) is 0 Å². The molecule has 0 aliphatic heterocycles. The molecular formula is C12H15ClO. The van der Waals surface area contributed by atoms with Crippen molar-refractivity contribution >= 4 is 11.6 Å². The molecule has 1 N–H and O–H groups in total. The summed E-state index contributed by atoms with van der Waals surface area (Å²) in [7, 11) is 0. The van der Waals surface area contributed by atoms with Crippen molar-refractivity contribution in [1.29, 1.82) is 0 Å². The summed E-state index contributed by atoms with van der Waals surface area (Å²) in [5.74, 6) is 0.758. The van der Waals surface area contributed by atoms with Gasteiger partial charge in [0, 0.05) is 5.02 Å². The second-order valence-electron chi connectivity index (χ2n) is 4.13. The fourth-order valence-corrected chi connectivity index (χ4v) is 2.63. The Balaban J connectivity index is 2.28. The molecule has 14 heavy (non-hydrogen) atoms. The molecule has 0 bridgehead atoms. The highest BCUT2D eigenvalue weighted by Crippen LogP contribution is 2.41. The van der Waals surface area contributed by atoms with Crippen molar-refractivity contribution < 1.29 is 5.11 Å². The summed E-state index contributed by atoms with van der Waals surface area (Å²) in [5, 5.41) is 10.5. The maximum Gasteiger partial charge on any atom is 0.0571 e. The second kappa shape index (κ2) is 3.92. The second-order valence-corrected chi connectivity index (χ2v) is 4.54. The summed E-state index contributed by atoms with van der Waals surface area (Å²) in [6.07, 6.45) is 1.79. The van der Waals surface area contributed by atoms with E-state index in [1.165, 1.54) is 5.56 Å². The van der Waals surface area contributed by atoms with Crippen molar-refractivity contribution in [3.63, 3.8) is 0 Å². The lowest BCUT2D eigenvalue weighted by molar-refractivity contribution is 0.136. The third-order valence-electron chi connectivity index (χ3n) is 3.32. The van der Waals surface area contributed by atoms with Crippen LogP contribution >= 0.6 is 11.6 Å². The Hall–Kier alpha value is -0.530. The maximum atomic E-state index is 9.68. The zero-order valence-electron chi connectivity index (χ0n) is 8.28. The lowest BCUT2D eigenvalue weighted by Crippen LogP contribution is -2.14. The zero-order chi connectivity index (χ0) is 10.1. The number of hydrogen-bond donors (Lipinski definition) is 1. The molecule has 0 spiro atoms. The van der Waals surface area contributed by atoms with E-state index in [-0.39, 0.29) is 6.10 Å². The molecule has 76 valence electrons. The Morgan fingerprint density at radius 2 is 2.00 bits per heavy atom. The van der Waals surface area contributed by atoms with Crippen molar-refractivity contribution in [3.8, 4) is 0 Å². The molecule has 0 radical (unpaired) electrons. The SMILES string of the molecule is CC1C(O)CCC1c1ccccc1Cl. The van der Waals surface area contributed by atoms with E-state index >= 15 is 0 Å². The highest BCUT2D eigenvalue weighted by Gasteiger charge is 2.33. The summed E-state index contributed by atoms with van der Waals surface area (Å²) < 4.78 is 0. The normalized spacial score (nSPS) is 32.1. The van der Waals surface area contributed by atoms with Gasteiger partial charge in [-0.1, -0.05) is 36.7 Å².